The minimum Gasteiger partial charge on any atom is -0.491 e. The van der Waals surface area contributed by atoms with Crippen molar-refractivity contribution in [3.8, 4) is 5.75 Å². The predicted molar refractivity (Wildman–Crippen MR) is 186 cm³/mol. The van der Waals surface area contributed by atoms with E-state index in [0.717, 1.165) is 75.4 Å². The molecule has 5 rings (SSSR count). The van der Waals surface area contributed by atoms with Gasteiger partial charge in [-0.25, -0.2) is 4.21 Å². The van der Waals surface area contributed by atoms with Gasteiger partial charge < -0.3 is 24.4 Å². The van der Waals surface area contributed by atoms with Crippen LogP contribution in [-0.4, -0.2) is 78.3 Å². The second-order valence-electron chi connectivity index (χ2n) is 13.6. The van der Waals surface area contributed by atoms with Crippen LogP contribution < -0.4 is 14.4 Å². The summed E-state index contributed by atoms with van der Waals surface area (Å²) in [4.78, 5) is 28.5. The Morgan fingerprint density at radius 2 is 2.00 bits per heavy atom. The molecule has 2 fully saturated rings. The molecule has 2 aromatic carbocycles. The summed E-state index contributed by atoms with van der Waals surface area (Å²) in [7, 11) is 0.285. The summed E-state index contributed by atoms with van der Waals surface area (Å²) in [5.74, 6) is 1.62. The van der Waals surface area contributed by atoms with Crippen LogP contribution in [0.25, 0.3) is 0 Å². The first-order chi connectivity index (χ1) is 22.5. The van der Waals surface area contributed by atoms with Crippen LogP contribution >= 0.6 is 11.6 Å². The van der Waals surface area contributed by atoms with Gasteiger partial charge in [0.2, 0.25) is 5.91 Å². The molecule has 47 heavy (non-hydrogen) atoms. The van der Waals surface area contributed by atoms with Gasteiger partial charge in [0, 0.05) is 57.4 Å². The number of carbonyl (C=O) groups is 2. The summed E-state index contributed by atoms with van der Waals surface area (Å²) >= 11 is 6.43. The Bertz CT molecular complexity index is 1440. The van der Waals surface area contributed by atoms with E-state index in [1.54, 1.807) is 17.9 Å². The number of aliphatic hydroxyl groups is 1. The highest BCUT2D eigenvalue weighted by atomic mass is 35.5. The van der Waals surface area contributed by atoms with E-state index in [-0.39, 0.29) is 17.9 Å². The van der Waals surface area contributed by atoms with E-state index >= 15 is 0 Å². The highest BCUT2D eigenvalue weighted by Gasteiger charge is 2.41. The number of hydrogen-bond acceptors (Lipinski definition) is 7. The predicted octanol–water partition coefficient (Wildman–Crippen LogP) is 5.41. The number of ether oxygens (including phenoxy) is 2. The molecule has 0 aromatic heterocycles. The van der Waals surface area contributed by atoms with Crippen molar-refractivity contribution >= 4 is 40.1 Å². The van der Waals surface area contributed by atoms with E-state index < -0.39 is 23.0 Å². The van der Waals surface area contributed by atoms with Crippen molar-refractivity contribution in [2.45, 2.75) is 76.9 Å². The molecular weight excluding hydrogens is 638 g/mol. The van der Waals surface area contributed by atoms with Crippen LogP contribution in [0.1, 0.15) is 81.1 Å². The lowest BCUT2D eigenvalue weighted by atomic mass is 9.67. The minimum atomic E-state index is -1.58. The number of rotatable bonds is 12. The van der Waals surface area contributed by atoms with Crippen molar-refractivity contribution in [1.82, 2.24) is 9.62 Å². The lowest BCUT2D eigenvalue weighted by Crippen LogP contribution is -2.47. The molecule has 258 valence electrons. The summed E-state index contributed by atoms with van der Waals surface area (Å²) in [5.41, 5.74) is 3.74. The SMILES string of the molecule is CCCc1cc(Cl)ccc1C1COc2ccc(C(O)C(=O)NS(C)=O)cc2N(CC2CCC2C2CC(CCN(C)C(C)=O)CCO2)C1. The maximum Gasteiger partial charge on any atom is 0.265 e. The second kappa shape index (κ2) is 16.2. The fourth-order valence-corrected chi connectivity index (χ4v) is 8.03. The Hall–Kier alpha value is -2.66. The highest BCUT2D eigenvalue weighted by Crippen LogP contribution is 2.45. The molecule has 2 aromatic rings. The number of aryl methyl sites for hydroxylation is 1. The number of amides is 2. The van der Waals surface area contributed by atoms with E-state index in [1.807, 2.05) is 25.2 Å². The molecule has 2 N–H and O–H groups in total. The third-order valence-electron chi connectivity index (χ3n) is 10.3. The lowest BCUT2D eigenvalue weighted by Gasteiger charge is -2.47. The molecule has 0 spiro atoms. The van der Waals surface area contributed by atoms with Gasteiger partial charge in [0.15, 0.2) is 6.10 Å². The van der Waals surface area contributed by atoms with Gasteiger partial charge in [-0.1, -0.05) is 37.1 Å². The van der Waals surface area contributed by atoms with Crippen LogP contribution in [0.15, 0.2) is 36.4 Å². The normalized spacial score (nSPS) is 25.4. The molecule has 0 radical (unpaired) electrons. The Labute approximate surface area is 286 Å². The minimum absolute atomic E-state index is 0.0903. The van der Waals surface area contributed by atoms with Crippen LogP contribution in [0.2, 0.25) is 5.02 Å². The highest BCUT2D eigenvalue weighted by molar-refractivity contribution is 7.82. The zero-order valence-corrected chi connectivity index (χ0v) is 29.7. The number of hydrogen-bond donors (Lipinski definition) is 2. The Balaban J connectivity index is 1.39. The summed E-state index contributed by atoms with van der Waals surface area (Å²) in [5, 5.41) is 11.6. The number of anilines is 1. The van der Waals surface area contributed by atoms with Crippen molar-refractivity contribution in [2.75, 3.05) is 51.1 Å². The number of aliphatic hydroxyl groups excluding tert-OH is 1. The van der Waals surface area contributed by atoms with Gasteiger partial charge in [-0.2, -0.15) is 0 Å². The summed E-state index contributed by atoms with van der Waals surface area (Å²) < 4.78 is 26.8. The Morgan fingerprint density at radius 3 is 2.70 bits per heavy atom. The zero-order chi connectivity index (χ0) is 33.7. The first-order valence-electron chi connectivity index (χ1n) is 17.0. The maximum atomic E-state index is 12.6. The molecule has 11 heteroatoms. The standard InChI is InChI=1S/C36H50ClN3O6S/c1-5-6-25-18-29(37)9-11-30(25)28-21-40(32-19-26(8-12-33(32)46-22-28)35(42)36(43)38-47(4)44)20-27-7-10-31(27)34-17-24(14-16-45-34)13-15-39(3)23(2)41/h8-9,11-12,18-19,24,27-28,31,34-35,42H,5-7,10,13-17,20-22H2,1-4H3,(H,38,43). The molecule has 1 aliphatic carbocycles. The molecule has 7 atom stereocenters. The first-order valence-corrected chi connectivity index (χ1v) is 18.9. The number of fused-ring (bicyclic) bond motifs is 1. The molecule has 1 saturated heterocycles. The topological polar surface area (TPSA) is 108 Å². The van der Waals surface area contributed by atoms with Gasteiger partial charge >= 0.3 is 0 Å². The monoisotopic (exact) mass is 687 g/mol. The summed E-state index contributed by atoms with van der Waals surface area (Å²) in [6, 6.07) is 11.5. The number of benzene rings is 2. The molecule has 3 aliphatic rings. The van der Waals surface area contributed by atoms with Crippen molar-refractivity contribution in [2.24, 2.45) is 17.8 Å². The lowest BCUT2D eigenvalue weighted by molar-refractivity contribution is -0.128. The average molecular weight is 688 g/mol. The smallest absolute Gasteiger partial charge is 0.265 e. The number of nitrogens with one attached hydrogen (secondary N) is 1. The Morgan fingerprint density at radius 1 is 1.19 bits per heavy atom. The number of carbonyl (C=O) groups excluding carboxylic acids is 2. The fourth-order valence-electron chi connectivity index (χ4n) is 7.44. The Kier molecular flexibility index (Phi) is 12.3. The quantitative estimate of drug-likeness (QED) is 0.307. The van der Waals surface area contributed by atoms with Gasteiger partial charge in [0.25, 0.3) is 5.91 Å². The van der Waals surface area contributed by atoms with Gasteiger partial charge in [0.05, 0.1) is 18.4 Å². The van der Waals surface area contributed by atoms with Gasteiger partial charge in [-0.3, -0.25) is 14.3 Å². The van der Waals surface area contributed by atoms with Crippen LogP contribution in [0.5, 0.6) is 5.75 Å². The van der Waals surface area contributed by atoms with Gasteiger partial charge in [-0.05, 0) is 97.2 Å². The largest absolute Gasteiger partial charge is 0.491 e. The number of halogens is 1. The van der Waals surface area contributed by atoms with Gasteiger partial charge in [0.1, 0.15) is 16.7 Å². The fraction of sp³-hybridized carbons (Fsp3) is 0.611. The molecule has 0 bridgehead atoms. The van der Waals surface area contributed by atoms with Crippen LogP contribution in [0, 0.1) is 17.8 Å². The van der Waals surface area contributed by atoms with E-state index in [0.29, 0.717) is 42.2 Å². The van der Waals surface area contributed by atoms with Crippen molar-refractivity contribution < 1.29 is 28.4 Å². The van der Waals surface area contributed by atoms with E-state index in [2.05, 4.69) is 28.7 Å². The molecular formula is C36H50ClN3O6S. The first kappa shape index (κ1) is 35.6. The van der Waals surface area contributed by atoms with Gasteiger partial charge in [-0.15, -0.1) is 0 Å². The second-order valence-corrected chi connectivity index (χ2v) is 15.1. The van der Waals surface area contributed by atoms with Crippen LogP contribution in [0.4, 0.5) is 5.69 Å². The van der Waals surface area contributed by atoms with Crippen molar-refractivity contribution in [3.63, 3.8) is 0 Å². The third-order valence-corrected chi connectivity index (χ3v) is 11.0. The third kappa shape index (κ3) is 8.88. The number of nitrogens with zero attached hydrogens (tertiary/aromatic N) is 2. The van der Waals surface area contributed by atoms with Crippen LogP contribution in [0.3, 0.4) is 0 Å². The van der Waals surface area contributed by atoms with Crippen molar-refractivity contribution in [3.05, 3.63) is 58.1 Å². The zero-order valence-electron chi connectivity index (χ0n) is 28.1. The molecule has 9 nitrogen and oxygen atoms in total. The van der Waals surface area contributed by atoms with Crippen LogP contribution in [-0.2, 0) is 31.7 Å². The molecule has 2 aliphatic heterocycles. The molecule has 2 amide bonds. The maximum absolute atomic E-state index is 12.6. The molecule has 2 heterocycles. The van der Waals surface area contributed by atoms with Crippen molar-refractivity contribution in [1.29, 1.82) is 0 Å². The molecule has 7 unspecified atom stereocenters. The molecule has 1 saturated carbocycles. The van der Waals surface area contributed by atoms with E-state index in [4.69, 9.17) is 21.1 Å². The van der Waals surface area contributed by atoms with E-state index in [1.165, 1.54) is 17.4 Å². The van der Waals surface area contributed by atoms with E-state index in [9.17, 15) is 18.9 Å². The average Bonchev–Trinajstić information content (AvgIpc) is 3.20. The summed E-state index contributed by atoms with van der Waals surface area (Å²) in [6.45, 7) is 7.33. The summed E-state index contributed by atoms with van der Waals surface area (Å²) in [6.07, 6.45) is 7.32.